The van der Waals surface area contributed by atoms with Gasteiger partial charge in [0.15, 0.2) is 8.32 Å². The third-order valence-electron chi connectivity index (χ3n) is 15.2. The fraction of sp³-hybridized carbons (Fsp3) is 0.895. The molecule has 1 aliphatic heterocycles. The molecule has 0 bridgehead atoms. The van der Waals surface area contributed by atoms with Crippen molar-refractivity contribution < 1.29 is 19.4 Å². The number of hydrogen-bond acceptors (Lipinski definition) is 3. The molecule has 0 radical (unpaired) electrons. The molecule has 3 saturated carbocycles. The number of epoxide rings is 1. The van der Waals surface area contributed by atoms with Crippen molar-refractivity contribution in [1.29, 1.82) is 0 Å². The minimum absolute atomic E-state index is 0. The van der Waals surface area contributed by atoms with E-state index < -0.39 is 16.4 Å². The van der Waals surface area contributed by atoms with Gasteiger partial charge in [-0.1, -0.05) is 91.8 Å². The predicted molar refractivity (Wildman–Crippen MR) is 192 cm³/mol. The second kappa shape index (κ2) is 11.4. The molecule has 4 aliphatic carbocycles. The van der Waals surface area contributed by atoms with Crippen LogP contribution < -0.4 is 0 Å². The van der Waals surface area contributed by atoms with Crippen molar-refractivity contribution in [2.75, 3.05) is 6.61 Å². The van der Waals surface area contributed by atoms with E-state index in [4.69, 9.17) is 13.9 Å². The summed E-state index contributed by atoms with van der Waals surface area (Å²) in [6.07, 6.45) is 13.8. The first-order chi connectivity index (χ1) is 19.5. The Labute approximate surface area is 274 Å². The van der Waals surface area contributed by atoms with Crippen LogP contribution in [0.25, 0.3) is 0 Å². The molecule has 5 aliphatic rings. The summed E-state index contributed by atoms with van der Waals surface area (Å²) in [5.74, 6) is 1.89. The van der Waals surface area contributed by atoms with Crippen LogP contribution in [0.1, 0.15) is 115 Å². The van der Waals surface area contributed by atoms with E-state index in [0.717, 1.165) is 12.1 Å². The Morgan fingerprint density at radius 2 is 1.52 bits per heavy atom. The van der Waals surface area contributed by atoms with Crippen LogP contribution in [0.4, 0.5) is 0 Å². The topological polar surface area (TPSA) is 62.5 Å². The van der Waals surface area contributed by atoms with Gasteiger partial charge in [-0.3, -0.25) is 0 Å². The van der Waals surface area contributed by atoms with Gasteiger partial charge in [-0.15, -0.1) is 0 Å². The average Bonchev–Trinajstić information content (AvgIpc) is 3.31. The fourth-order valence-electron chi connectivity index (χ4n) is 9.64. The van der Waals surface area contributed by atoms with E-state index in [9.17, 15) is 0 Å². The molecule has 4 fully saturated rings. The molecule has 254 valence electrons. The van der Waals surface area contributed by atoms with Crippen LogP contribution in [0.3, 0.4) is 0 Å². The second-order valence-corrected chi connectivity index (χ2v) is 30.2. The summed E-state index contributed by atoms with van der Waals surface area (Å²) >= 11 is 0. The Morgan fingerprint density at radius 3 is 2.07 bits per heavy atom. The molecular weight excluding hydrogens is 577 g/mol. The Bertz CT molecular complexity index is 1140. The molecule has 1 heterocycles. The van der Waals surface area contributed by atoms with Gasteiger partial charge in [-0.05, 0) is 111 Å². The van der Waals surface area contributed by atoms with Crippen LogP contribution in [-0.4, -0.2) is 52.4 Å². The lowest BCUT2D eigenvalue weighted by Crippen LogP contribution is -2.58. The first kappa shape index (κ1) is 36.6. The molecular formula is C38H70O4Si2. The quantitative estimate of drug-likeness (QED) is 0.204. The van der Waals surface area contributed by atoms with Crippen LogP contribution in [0.5, 0.6) is 0 Å². The standard InChI is InChI=1S/C38H68O3Si2.H2O/c1-25(39-24-33-36(8,9)40-33)29-18-19-30-28-17-16-26-22-27(42(12,13)34(2,3)4)23-32(41-43(14,15)35(5,6)7)38(26,11)31(28)20-21-37(29,30)10;/h16-17,25,27,29-33H,18-24H2,1-15H3;1H2/t25-,27+,29+,30?,31?,32-,33?,37+,38-;/m0./s1. The van der Waals surface area contributed by atoms with Crippen molar-refractivity contribution in [3.8, 4) is 0 Å². The van der Waals surface area contributed by atoms with E-state index in [0.29, 0.717) is 34.3 Å². The fourth-order valence-corrected chi connectivity index (χ4v) is 13.8. The van der Waals surface area contributed by atoms with E-state index in [2.05, 4.69) is 115 Å². The molecule has 4 nitrogen and oxygen atoms in total. The van der Waals surface area contributed by atoms with E-state index in [1.807, 2.05) is 0 Å². The zero-order valence-corrected chi connectivity index (χ0v) is 33.4. The van der Waals surface area contributed by atoms with Crippen molar-refractivity contribution in [2.24, 2.45) is 28.6 Å². The van der Waals surface area contributed by atoms with Crippen molar-refractivity contribution in [3.63, 3.8) is 0 Å². The molecule has 44 heavy (non-hydrogen) atoms. The summed E-state index contributed by atoms with van der Waals surface area (Å²) in [6, 6.07) is 0. The minimum atomic E-state index is -1.96. The molecule has 1 saturated heterocycles. The number of fused-ring (bicyclic) bond motifs is 5. The van der Waals surface area contributed by atoms with Crippen LogP contribution in [0.2, 0.25) is 41.8 Å². The Morgan fingerprint density at radius 1 is 0.909 bits per heavy atom. The molecule has 0 amide bonds. The van der Waals surface area contributed by atoms with Gasteiger partial charge >= 0.3 is 0 Å². The summed E-state index contributed by atoms with van der Waals surface area (Å²) < 4.78 is 20.0. The van der Waals surface area contributed by atoms with Crippen molar-refractivity contribution in [2.45, 2.75) is 180 Å². The highest BCUT2D eigenvalue weighted by molar-refractivity contribution is 6.81. The van der Waals surface area contributed by atoms with Crippen LogP contribution in [0.15, 0.2) is 23.3 Å². The van der Waals surface area contributed by atoms with Gasteiger partial charge < -0.3 is 19.4 Å². The molecule has 0 aromatic carbocycles. The maximum atomic E-state index is 7.64. The number of allylic oxidation sites excluding steroid dienone is 3. The van der Waals surface area contributed by atoms with Crippen molar-refractivity contribution in [3.05, 3.63) is 23.3 Å². The van der Waals surface area contributed by atoms with E-state index in [1.54, 1.807) is 11.1 Å². The van der Waals surface area contributed by atoms with Crippen molar-refractivity contribution in [1.82, 2.24) is 0 Å². The van der Waals surface area contributed by atoms with Gasteiger partial charge in [0.05, 0.1) is 32.5 Å². The molecule has 5 rings (SSSR count). The molecule has 3 unspecified atom stereocenters. The first-order valence-corrected chi connectivity index (χ1v) is 23.8. The van der Waals surface area contributed by atoms with Crippen LogP contribution >= 0.6 is 0 Å². The second-order valence-electron chi connectivity index (χ2n) is 19.7. The third kappa shape index (κ3) is 5.86. The maximum Gasteiger partial charge on any atom is 0.192 e. The molecule has 6 heteroatoms. The number of rotatable bonds is 7. The summed E-state index contributed by atoms with van der Waals surface area (Å²) in [4.78, 5) is 0. The van der Waals surface area contributed by atoms with E-state index in [-0.39, 0.29) is 33.7 Å². The Balaban J connectivity index is 0.00000442. The normalized spacial score (nSPS) is 39.2. The molecule has 2 N–H and O–H groups in total. The lowest BCUT2D eigenvalue weighted by molar-refractivity contribution is -0.0490. The number of ether oxygens (including phenoxy) is 2. The average molecular weight is 647 g/mol. The zero-order valence-electron chi connectivity index (χ0n) is 31.4. The zero-order chi connectivity index (χ0) is 32.2. The molecule has 0 spiro atoms. The smallest absolute Gasteiger partial charge is 0.192 e. The van der Waals surface area contributed by atoms with Gasteiger partial charge in [0.2, 0.25) is 0 Å². The first-order valence-electron chi connectivity index (χ1n) is 17.8. The lowest BCUT2D eigenvalue weighted by atomic mass is 9.49. The largest absolute Gasteiger partial charge is 0.413 e. The van der Waals surface area contributed by atoms with Gasteiger partial charge in [0.25, 0.3) is 0 Å². The predicted octanol–water partition coefficient (Wildman–Crippen LogP) is 10.1. The third-order valence-corrected chi connectivity index (χ3v) is 26.0. The maximum absolute atomic E-state index is 7.64. The summed E-state index contributed by atoms with van der Waals surface area (Å²) in [6.45, 7) is 37.8. The molecule has 9 atom stereocenters. The Hall–Kier alpha value is -0.246. The Kier molecular flexibility index (Phi) is 9.50. The molecule has 0 aromatic heterocycles. The van der Waals surface area contributed by atoms with Crippen LogP contribution in [0, 0.1) is 28.6 Å². The van der Waals surface area contributed by atoms with Gasteiger partial charge in [0, 0.05) is 5.41 Å². The van der Waals surface area contributed by atoms with Crippen LogP contribution in [-0.2, 0) is 13.9 Å². The lowest BCUT2D eigenvalue weighted by Gasteiger charge is -2.61. The van der Waals surface area contributed by atoms with Gasteiger partial charge in [-0.25, -0.2) is 0 Å². The number of hydrogen-bond donors (Lipinski definition) is 0. The summed E-state index contributed by atoms with van der Waals surface area (Å²) in [5, 5.41) is 0.597. The highest BCUT2D eigenvalue weighted by Gasteiger charge is 2.62. The minimum Gasteiger partial charge on any atom is -0.413 e. The SMILES string of the molecule is C[C@H](OCC1OC1(C)C)[C@H]1CCC2C3=CC=C4C[C@@H]([Si](C)(C)C(C)(C)C)C[C@H](O[Si](C)(C)C(C)(C)C)[C@]4(C)C3CC[C@@]21C.O. The highest BCUT2D eigenvalue weighted by atomic mass is 28.4. The van der Waals surface area contributed by atoms with Crippen molar-refractivity contribution >= 4 is 16.4 Å². The monoisotopic (exact) mass is 646 g/mol. The van der Waals surface area contributed by atoms with E-state index >= 15 is 0 Å². The van der Waals surface area contributed by atoms with Gasteiger partial charge in [0.1, 0.15) is 6.10 Å². The van der Waals surface area contributed by atoms with E-state index in [1.165, 1.54) is 38.5 Å². The summed E-state index contributed by atoms with van der Waals surface area (Å²) in [7, 11) is -3.50. The van der Waals surface area contributed by atoms with Gasteiger partial charge in [-0.2, -0.15) is 0 Å². The highest BCUT2D eigenvalue weighted by Crippen LogP contribution is 2.68. The summed E-state index contributed by atoms with van der Waals surface area (Å²) in [5.41, 5.74) is 4.66. The molecule has 0 aromatic rings.